The van der Waals surface area contributed by atoms with Gasteiger partial charge in [-0.05, 0) is 31.4 Å². The summed E-state index contributed by atoms with van der Waals surface area (Å²) in [5, 5.41) is 3.47. The maximum absolute atomic E-state index is 11.7. The van der Waals surface area contributed by atoms with Gasteiger partial charge in [-0.15, -0.1) is 0 Å². The maximum Gasteiger partial charge on any atom is 0.226 e. The highest BCUT2D eigenvalue weighted by Gasteiger charge is 2.11. The van der Waals surface area contributed by atoms with E-state index in [1.807, 2.05) is 33.8 Å². The minimum absolute atomic E-state index is 0.0124. The van der Waals surface area contributed by atoms with Crippen molar-refractivity contribution in [3.05, 3.63) is 17.3 Å². The number of rotatable bonds is 3. The molecule has 0 bridgehead atoms. The van der Waals surface area contributed by atoms with Crippen LogP contribution in [-0.4, -0.2) is 15.9 Å². The zero-order chi connectivity index (χ0) is 13.3. The maximum atomic E-state index is 11.7. The molecule has 2 aromatic rings. The number of anilines is 1. The fourth-order valence-corrected chi connectivity index (χ4v) is 2.71. The molecule has 0 radical (unpaired) electrons. The summed E-state index contributed by atoms with van der Waals surface area (Å²) in [5.41, 5.74) is 2.82. The van der Waals surface area contributed by atoms with Crippen LogP contribution in [0.2, 0.25) is 0 Å². The molecule has 0 aliphatic carbocycles. The Bertz CT molecular complexity index is 589. The van der Waals surface area contributed by atoms with Crippen molar-refractivity contribution in [2.24, 2.45) is 5.92 Å². The number of hydrogen-bond acceptors (Lipinski definition) is 4. The summed E-state index contributed by atoms with van der Waals surface area (Å²) < 4.78 is 1.04. The SMILES string of the molecule is Cc1cc(C)c2sc(NC(=O)CC(C)C)nc2n1. The number of pyridine rings is 1. The minimum atomic E-state index is 0.0124. The van der Waals surface area contributed by atoms with Crippen molar-refractivity contribution in [3.8, 4) is 0 Å². The van der Waals surface area contributed by atoms with E-state index in [-0.39, 0.29) is 5.91 Å². The summed E-state index contributed by atoms with van der Waals surface area (Å²) in [4.78, 5) is 20.4. The van der Waals surface area contributed by atoms with Gasteiger partial charge in [-0.2, -0.15) is 4.98 Å². The van der Waals surface area contributed by atoms with Crippen molar-refractivity contribution in [2.45, 2.75) is 34.1 Å². The Morgan fingerprint density at radius 2 is 2.11 bits per heavy atom. The van der Waals surface area contributed by atoms with E-state index in [1.54, 1.807) is 0 Å². The van der Waals surface area contributed by atoms with Crippen molar-refractivity contribution in [2.75, 3.05) is 5.32 Å². The highest BCUT2D eigenvalue weighted by Crippen LogP contribution is 2.28. The number of nitrogens with one attached hydrogen (secondary N) is 1. The number of carbonyl (C=O) groups excluding carboxylic acids is 1. The first-order valence-corrected chi connectivity index (χ1v) is 6.82. The van der Waals surface area contributed by atoms with E-state index in [0.717, 1.165) is 21.6 Å². The van der Waals surface area contributed by atoms with Crippen LogP contribution in [0.25, 0.3) is 10.3 Å². The van der Waals surface area contributed by atoms with Crippen LogP contribution in [-0.2, 0) is 4.79 Å². The van der Waals surface area contributed by atoms with Gasteiger partial charge in [-0.1, -0.05) is 25.2 Å². The van der Waals surface area contributed by atoms with Gasteiger partial charge >= 0.3 is 0 Å². The Labute approximate surface area is 110 Å². The summed E-state index contributed by atoms with van der Waals surface area (Å²) in [6.07, 6.45) is 0.515. The predicted octanol–water partition coefficient (Wildman–Crippen LogP) is 3.29. The predicted molar refractivity (Wildman–Crippen MR) is 75.0 cm³/mol. The van der Waals surface area contributed by atoms with E-state index in [4.69, 9.17) is 0 Å². The molecule has 1 N–H and O–H groups in total. The lowest BCUT2D eigenvalue weighted by Gasteiger charge is -2.03. The third-order valence-electron chi connectivity index (χ3n) is 2.52. The number of nitrogens with zero attached hydrogens (tertiary/aromatic N) is 2. The molecule has 0 spiro atoms. The van der Waals surface area contributed by atoms with Gasteiger partial charge in [-0.25, -0.2) is 4.98 Å². The van der Waals surface area contributed by atoms with Gasteiger partial charge in [0.15, 0.2) is 10.8 Å². The van der Waals surface area contributed by atoms with Crippen LogP contribution in [0, 0.1) is 19.8 Å². The number of carbonyl (C=O) groups is 1. The Hall–Kier alpha value is -1.49. The van der Waals surface area contributed by atoms with Crippen LogP contribution in [0.4, 0.5) is 5.13 Å². The topological polar surface area (TPSA) is 54.9 Å². The molecule has 2 aromatic heterocycles. The lowest BCUT2D eigenvalue weighted by Crippen LogP contribution is -2.13. The molecule has 0 atom stereocenters. The molecule has 0 saturated heterocycles. The third-order valence-corrected chi connectivity index (χ3v) is 3.61. The van der Waals surface area contributed by atoms with Gasteiger partial charge in [0.25, 0.3) is 0 Å². The van der Waals surface area contributed by atoms with Gasteiger partial charge in [0.2, 0.25) is 5.91 Å². The monoisotopic (exact) mass is 263 g/mol. The number of aromatic nitrogens is 2. The average Bonchev–Trinajstić information content (AvgIpc) is 2.58. The Kier molecular flexibility index (Phi) is 3.61. The summed E-state index contributed by atoms with van der Waals surface area (Å²) in [6.45, 7) is 8.03. The molecular formula is C13H17N3OS. The van der Waals surface area contributed by atoms with Crippen molar-refractivity contribution in [3.63, 3.8) is 0 Å². The van der Waals surface area contributed by atoms with Gasteiger partial charge in [-0.3, -0.25) is 4.79 Å². The number of fused-ring (bicyclic) bond motifs is 1. The highest BCUT2D eigenvalue weighted by molar-refractivity contribution is 7.22. The zero-order valence-corrected chi connectivity index (χ0v) is 11.9. The molecular weight excluding hydrogens is 246 g/mol. The van der Waals surface area contributed by atoms with Crippen molar-refractivity contribution < 1.29 is 4.79 Å². The molecule has 2 rings (SSSR count). The van der Waals surface area contributed by atoms with E-state index in [1.165, 1.54) is 11.3 Å². The van der Waals surface area contributed by atoms with E-state index >= 15 is 0 Å². The second kappa shape index (κ2) is 5.02. The van der Waals surface area contributed by atoms with Crippen LogP contribution in [0.3, 0.4) is 0 Å². The highest BCUT2D eigenvalue weighted by atomic mass is 32.1. The van der Waals surface area contributed by atoms with Crippen LogP contribution in [0.1, 0.15) is 31.5 Å². The second-order valence-corrected chi connectivity index (χ2v) is 5.90. The lowest BCUT2D eigenvalue weighted by molar-refractivity contribution is -0.116. The second-order valence-electron chi connectivity index (χ2n) is 4.90. The first kappa shape index (κ1) is 13.0. The summed E-state index contributed by atoms with van der Waals surface area (Å²) in [6, 6.07) is 2.03. The third kappa shape index (κ3) is 2.85. The van der Waals surface area contributed by atoms with Crippen LogP contribution < -0.4 is 5.32 Å². The molecule has 0 saturated carbocycles. The van der Waals surface area contributed by atoms with Crippen LogP contribution in [0.5, 0.6) is 0 Å². The molecule has 2 heterocycles. The van der Waals surface area contributed by atoms with Gasteiger partial charge in [0.1, 0.15) is 0 Å². The van der Waals surface area contributed by atoms with Gasteiger partial charge in [0, 0.05) is 12.1 Å². The van der Waals surface area contributed by atoms with E-state index in [9.17, 15) is 4.79 Å². The molecule has 0 fully saturated rings. The minimum Gasteiger partial charge on any atom is -0.302 e. The van der Waals surface area contributed by atoms with E-state index < -0.39 is 0 Å². The molecule has 5 heteroatoms. The average molecular weight is 263 g/mol. The van der Waals surface area contributed by atoms with Gasteiger partial charge in [0.05, 0.1) is 4.70 Å². The normalized spacial score (nSPS) is 11.2. The molecule has 0 unspecified atom stereocenters. The Morgan fingerprint density at radius 1 is 1.39 bits per heavy atom. The smallest absolute Gasteiger partial charge is 0.226 e. The zero-order valence-electron chi connectivity index (χ0n) is 11.1. The quantitative estimate of drug-likeness (QED) is 0.924. The first-order valence-electron chi connectivity index (χ1n) is 6.00. The fourth-order valence-electron chi connectivity index (χ4n) is 1.82. The van der Waals surface area contributed by atoms with Crippen molar-refractivity contribution >= 4 is 32.7 Å². The van der Waals surface area contributed by atoms with Crippen molar-refractivity contribution in [1.29, 1.82) is 0 Å². The molecule has 0 aliphatic heterocycles. The standard InChI is InChI=1S/C13H17N3OS/c1-7(2)5-10(17)15-13-16-12-11(18-13)8(3)6-9(4)14-12/h6-7H,5H2,1-4H3,(H,14,15,16,17). The summed E-state index contributed by atoms with van der Waals surface area (Å²) in [7, 11) is 0. The number of thiazole rings is 1. The summed E-state index contributed by atoms with van der Waals surface area (Å²) >= 11 is 1.48. The molecule has 4 nitrogen and oxygen atoms in total. The van der Waals surface area contributed by atoms with Crippen LogP contribution >= 0.6 is 11.3 Å². The number of hydrogen-bond donors (Lipinski definition) is 1. The number of aryl methyl sites for hydroxylation is 2. The van der Waals surface area contributed by atoms with E-state index in [2.05, 4.69) is 15.3 Å². The van der Waals surface area contributed by atoms with Crippen molar-refractivity contribution in [1.82, 2.24) is 9.97 Å². The summed E-state index contributed by atoms with van der Waals surface area (Å²) in [5.74, 6) is 0.361. The molecule has 18 heavy (non-hydrogen) atoms. The molecule has 0 aliphatic rings. The molecule has 96 valence electrons. The first-order chi connectivity index (χ1) is 8.45. The molecule has 1 amide bonds. The Balaban J connectivity index is 2.25. The fraction of sp³-hybridized carbons (Fsp3) is 0.462. The largest absolute Gasteiger partial charge is 0.302 e. The Morgan fingerprint density at radius 3 is 2.78 bits per heavy atom. The van der Waals surface area contributed by atoms with Gasteiger partial charge < -0.3 is 5.32 Å². The molecule has 0 aromatic carbocycles. The lowest BCUT2D eigenvalue weighted by atomic mass is 10.1. The van der Waals surface area contributed by atoms with Crippen LogP contribution in [0.15, 0.2) is 6.07 Å². The number of amides is 1. The van der Waals surface area contributed by atoms with E-state index in [0.29, 0.717) is 17.5 Å².